The van der Waals surface area contributed by atoms with E-state index in [2.05, 4.69) is 0 Å². The van der Waals surface area contributed by atoms with Gasteiger partial charge >= 0.3 is 5.97 Å². The zero-order valence-corrected chi connectivity index (χ0v) is 10.7. The molecule has 1 fully saturated rings. The first-order valence-electron chi connectivity index (χ1n) is 6.04. The van der Waals surface area contributed by atoms with Crippen molar-refractivity contribution in [3.63, 3.8) is 0 Å². The van der Waals surface area contributed by atoms with E-state index in [4.69, 9.17) is 9.47 Å². The molecule has 1 aliphatic carbocycles. The highest BCUT2D eigenvalue weighted by Gasteiger charge is 2.47. The van der Waals surface area contributed by atoms with Gasteiger partial charge in [0.15, 0.2) is 0 Å². The summed E-state index contributed by atoms with van der Waals surface area (Å²) in [7, 11) is 3.20. The minimum atomic E-state index is -0.751. The monoisotopic (exact) mass is 250 g/mol. The summed E-state index contributed by atoms with van der Waals surface area (Å²) in [6.07, 6.45) is 2.33. The van der Waals surface area contributed by atoms with Gasteiger partial charge in [0.05, 0.1) is 19.1 Å². The zero-order chi connectivity index (χ0) is 13.2. The number of aliphatic carboxylic acids is 1. The van der Waals surface area contributed by atoms with Crippen molar-refractivity contribution in [2.45, 2.75) is 31.3 Å². The van der Waals surface area contributed by atoms with Crippen molar-refractivity contribution < 1.29 is 19.4 Å². The van der Waals surface area contributed by atoms with Crippen molar-refractivity contribution in [1.82, 2.24) is 0 Å². The molecular weight excluding hydrogens is 232 g/mol. The number of hydrogen-bond donors (Lipinski definition) is 1. The minimum absolute atomic E-state index is 0.425. The van der Waals surface area contributed by atoms with Crippen LogP contribution in [0.25, 0.3) is 0 Å². The Morgan fingerprint density at radius 1 is 1.39 bits per heavy atom. The lowest BCUT2D eigenvalue weighted by atomic mass is 9.63. The maximum atomic E-state index is 11.6. The summed E-state index contributed by atoms with van der Waals surface area (Å²) in [5.41, 5.74) is 1.02. The normalized spacial score (nSPS) is 17.0. The van der Waals surface area contributed by atoms with E-state index in [1.807, 2.05) is 18.2 Å². The van der Waals surface area contributed by atoms with Gasteiger partial charge in [-0.3, -0.25) is 4.79 Å². The van der Waals surface area contributed by atoms with E-state index < -0.39 is 11.4 Å². The van der Waals surface area contributed by atoms with Gasteiger partial charge in [-0.15, -0.1) is 0 Å². The van der Waals surface area contributed by atoms with Gasteiger partial charge in [-0.25, -0.2) is 0 Å². The molecule has 18 heavy (non-hydrogen) atoms. The third-order valence-corrected chi connectivity index (χ3v) is 3.75. The molecule has 2 rings (SSSR count). The average Bonchev–Trinajstić information content (AvgIpc) is 2.29. The van der Waals surface area contributed by atoms with Gasteiger partial charge in [0.1, 0.15) is 5.75 Å². The third kappa shape index (κ3) is 1.97. The van der Waals surface area contributed by atoms with E-state index in [1.165, 1.54) is 0 Å². The van der Waals surface area contributed by atoms with Crippen LogP contribution in [-0.4, -0.2) is 25.3 Å². The topological polar surface area (TPSA) is 55.8 Å². The number of methoxy groups -OCH3 is 2. The lowest BCUT2D eigenvalue weighted by molar-refractivity contribution is -0.147. The molecule has 4 heteroatoms. The molecule has 0 bridgehead atoms. The second-order valence-corrected chi connectivity index (χ2v) is 4.70. The van der Waals surface area contributed by atoms with Crippen LogP contribution in [0.1, 0.15) is 30.4 Å². The molecule has 1 saturated carbocycles. The molecule has 1 aromatic carbocycles. The molecule has 1 aliphatic rings. The molecule has 0 unspecified atom stereocenters. The van der Waals surface area contributed by atoms with Crippen molar-refractivity contribution in [3.8, 4) is 5.75 Å². The number of carbonyl (C=O) groups is 1. The van der Waals surface area contributed by atoms with Gasteiger partial charge in [-0.2, -0.15) is 0 Å². The highest BCUT2D eigenvalue weighted by atomic mass is 16.5. The van der Waals surface area contributed by atoms with Crippen LogP contribution in [0.15, 0.2) is 18.2 Å². The number of carboxylic acids is 1. The summed E-state index contributed by atoms with van der Waals surface area (Å²) < 4.78 is 10.3. The van der Waals surface area contributed by atoms with Crippen molar-refractivity contribution in [2.24, 2.45) is 0 Å². The Labute approximate surface area is 107 Å². The van der Waals surface area contributed by atoms with Crippen LogP contribution < -0.4 is 4.74 Å². The first-order chi connectivity index (χ1) is 8.64. The highest BCUT2D eigenvalue weighted by Crippen LogP contribution is 2.46. The van der Waals surface area contributed by atoms with Crippen LogP contribution in [-0.2, 0) is 21.6 Å². The van der Waals surface area contributed by atoms with Crippen molar-refractivity contribution in [3.05, 3.63) is 29.3 Å². The van der Waals surface area contributed by atoms with Gasteiger partial charge in [0, 0.05) is 7.11 Å². The second kappa shape index (κ2) is 4.98. The molecule has 0 radical (unpaired) electrons. The predicted octanol–water partition coefficient (Wildman–Crippen LogP) is 2.35. The fourth-order valence-corrected chi connectivity index (χ4v) is 2.54. The Morgan fingerprint density at radius 3 is 2.56 bits per heavy atom. The quantitative estimate of drug-likeness (QED) is 0.871. The fourth-order valence-electron chi connectivity index (χ4n) is 2.54. The number of hydrogen-bond acceptors (Lipinski definition) is 3. The van der Waals surface area contributed by atoms with Gasteiger partial charge in [0.2, 0.25) is 0 Å². The lowest BCUT2D eigenvalue weighted by Crippen LogP contribution is -2.43. The average molecular weight is 250 g/mol. The first kappa shape index (κ1) is 12.9. The Balaban J connectivity index is 2.48. The minimum Gasteiger partial charge on any atom is -0.497 e. The van der Waals surface area contributed by atoms with E-state index >= 15 is 0 Å². The first-order valence-corrected chi connectivity index (χ1v) is 6.04. The third-order valence-electron chi connectivity index (χ3n) is 3.75. The van der Waals surface area contributed by atoms with Crippen LogP contribution in [0.3, 0.4) is 0 Å². The summed E-state index contributed by atoms with van der Waals surface area (Å²) in [6.45, 7) is 0.425. The van der Waals surface area contributed by atoms with Crippen LogP contribution in [0.5, 0.6) is 5.75 Å². The van der Waals surface area contributed by atoms with Crippen molar-refractivity contribution in [2.75, 3.05) is 14.2 Å². The standard InChI is InChI=1S/C14H18O4/c1-17-9-10-4-5-11(18-2)8-12(10)14(13(15)16)6-3-7-14/h4-5,8H,3,6-7,9H2,1-2H3,(H,15,16). The molecule has 0 spiro atoms. The van der Waals surface area contributed by atoms with Crippen molar-refractivity contribution in [1.29, 1.82) is 0 Å². The molecule has 0 saturated heterocycles. The van der Waals surface area contributed by atoms with E-state index in [0.29, 0.717) is 25.2 Å². The number of rotatable bonds is 5. The Bertz CT molecular complexity index is 449. The maximum absolute atomic E-state index is 11.6. The Hall–Kier alpha value is -1.55. The van der Waals surface area contributed by atoms with Crippen molar-refractivity contribution >= 4 is 5.97 Å². The Kier molecular flexibility index (Phi) is 3.57. The van der Waals surface area contributed by atoms with Gasteiger partial charge in [-0.05, 0) is 36.1 Å². The SMILES string of the molecule is COCc1ccc(OC)cc1C1(C(=O)O)CCC1. The molecule has 0 heterocycles. The molecular formula is C14H18O4. The molecule has 1 aromatic rings. The summed E-state index contributed by atoms with van der Waals surface area (Å²) in [5, 5.41) is 9.51. The van der Waals surface area contributed by atoms with Gasteiger partial charge in [-0.1, -0.05) is 12.5 Å². The molecule has 0 amide bonds. The summed E-state index contributed by atoms with van der Waals surface area (Å²) in [5.74, 6) is -0.0586. The van der Waals surface area contributed by atoms with Crippen LogP contribution in [0.2, 0.25) is 0 Å². The molecule has 4 nitrogen and oxygen atoms in total. The van der Waals surface area contributed by atoms with E-state index in [-0.39, 0.29) is 0 Å². The van der Waals surface area contributed by atoms with Crippen LogP contribution >= 0.6 is 0 Å². The molecule has 0 aromatic heterocycles. The molecule has 0 atom stereocenters. The largest absolute Gasteiger partial charge is 0.497 e. The second-order valence-electron chi connectivity index (χ2n) is 4.70. The van der Waals surface area contributed by atoms with Gasteiger partial charge in [0.25, 0.3) is 0 Å². The maximum Gasteiger partial charge on any atom is 0.314 e. The Morgan fingerprint density at radius 2 is 2.11 bits per heavy atom. The van der Waals surface area contributed by atoms with Crippen LogP contribution in [0.4, 0.5) is 0 Å². The summed E-state index contributed by atoms with van der Waals surface area (Å²) >= 11 is 0. The molecule has 0 aliphatic heterocycles. The van der Waals surface area contributed by atoms with Gasteiger partial charge < -0.3 is 14.6 Å². The fraction of sp³-hybridized carbons (Fsp3) is 0.500. The summed E-state index contributed by atoms with van der Waals surface area (Å²) in [6, 6.07) is 5.56. The van der Waals surface area contributed by atoms with E-state index in [0.717, 1.165) is 17.5 Å². The van der Waals surface area contributed by atoms with E-state index in [9.17, 15) is 9.90 Å². The number of benzene rings is 1. The smallest absolute Gasteiger partial charge is 0.314 e. The highest BCUT2D eigenvalue weighted by molar-refractivity contribution is 5.83. The molecule has 98 valence electrons. The van der Waals surface area contributed by atoms with E-state index in [1.54, 1.807) is 14.2 Å². The molecule has 1 N–H and O–H groups in total. The lowest BCUT2D eigenvalue weighted by Gasteiger charge is -2.39. The zero-order valence-electron chi connectivity index (χ0n) is 10.7. The van der Waals surface area contributed by atoms with Crippen LogP contribution in [0, 0.1) is 0 Å². The number of ether oxygens (including phenoxy) is 2. The number of carboxylic acid groups (broad SMARTS) is 1. The predicted molar refractivity (Wildman–Crippen MR) is 66.9 cm³/mol. The summed E-state index contributed by atoms with van der Waals surface area (Å²) in [4.78, 5) is 11.6.